The first kappa shape index (κ1) is 28.7. The lowest BCUT2D eigenvalue weighted by Crippen LogP contribution is -2.52. The average molecular weight is 470 g/mol. The molecule has 0 unspecified atom stereocenters. The number of hydrogen-bond acceptors (Lipinski definition) is 5. The van der Waals surface area contributed by atoms with Gasteiger partial charge < -0.3 is 25.8 Å². The number of alkyl carbamates (subject to hydrolysis) is 1. The van der Waals surface area contributed by atoms with Gasteiger partial charge in [0.15, 0.2) is 0 Å². The topological polar surface area (TPSA) is 134 Å². The first-order valence-corrected chi connectivity index (χ1v) is 12.1. The number of carboxylic acids is 1. The van der Waals surface area contributed by atoms with Crippen LogP contribution in [0.1, 0.15) is 80.6 Å². The van der Waals surface area contributed by atoms with Gasteiger partial charge in [-0.3, -0.25) is 9.59 Å². The molecular formula is C24H43N3O6. The van der Waals surface area contributed by atoms with Gasteiger partial charge in [-0.2, -0.15) is 0 Å². The standard InChI is InChI=1S/C24H43N3O6/c1-8-15(4)19(27-23(32)33-24(5,6)7)21(29)25-13-16-9-11-17(12-10-16)20(28)26-18(14(2)3)22(30)31/h14-19H,8-13H2,1-7H3,(H,25,29)(H,26,28)(H,27,32)(H,30,31)/t15-,16?,17?,18+,19-/m0/s1. The fourth-order valence-electron chi connectivity index (χ4n) is 3.90. The van der Waals surface area contributed by atoms with Crippen LogP contribution < -0.4 is 16.0 Å². The number of aliphatic carboxylic acids is 1. The molecule has 0 radical (unpaired) electrons. The summed E-state index contributed by atoms with van der Waals surface area (Å²) in [6, 6.07) is -1.57. The van der Waals surface area contributed by atoms with E-state index in [9.17, 15) is 24.3 Å². The number of nitrogens with one attached hydrogen (secondary N) is 3. The predicted molar refractivity (Wildman–Crippen MR) is 125 cm³/mol. The first-order valence-electron chi connectivity index (χ1n) is 12.1. The third-order valence-corrected chi connectivity index (χ3v) is 6.18. The quantitative estimate of drug-likeness (QED) is 0.388. The second-order valence-corrected chi connectivity index (χ2v) is 10.5. The van der Waals surface area contributed by atoms with Gasteiger partial charge in [0, 0.05) is 12.5 Å². The molecule has 9 nitrogen and oxygen atoms in total. The Bertz CT molecular complexity index is 680. The van der Waals surface area contributed by atoms with Crippen molar-refractivity contribution in [2.45, 2.75) is 98.3 Å². The molecule has 0 saturated heterocycles. The second kappa shape index (κ2) is 12.8. The van der Waals surface area contributed by atoms with Crippen molar-refractivity contribution >= 4 is 23.9 Å². The molecule has 9 heteroatoms. The number of carbonyl (C=O) groups is 4. The number of hydrogen-bond donors (Lipinski definition) is 4. The minimum atomic E-state index is -1.02. The Hall–Kier alpha value is -2.32. The fraction of sp³-hybridized carbons (Fsp3) is 0.833. The lowest BCUT2D eigenvalue weighted by atomic mass is 9.81. The maximum Gasteiger partial charge on any atom is 0.408 e. The molecule has 1 fully saturated rings. The number of ether oxygens (including phenoxy) is 1. The van der Waals surface area contributed by atoms with Crippen LogP contribution in [0, 0.1) is 23.7 Å². The van der Waals surface area contributed by atoms with Crippen molar-refractivity contribution in [1.82, 2.24) is 16.0 Å². The predicted octanol–water partition coefficient (Wildman–Crippen LogP) is 3.07. The van der Waals surface area contributed by atoms with Gasteiger partial charge in [0.05, 0.1) is 0 Å². The first-order chi connectivity index (χ1) is 15.2. The summed E-state index contributed by atoms with van der Waals surface area (Å²) in [4.78, 5) is 48.8. The van der Waals surface area contributed by atoms with Crippen molar-refractivity contribution in [3.63, 3.8) is 0 Å². The lowest BCUT2D eigenvalue weighted by Gasteiger charge is -2.30. The molecule has 0 aromatic carbocycles. The Labute approximate surface area is 197 Å². The summed E-state index contributed by atoms with van der Waals surface area (Å²) in [5.74, 6) is -1.69. The summed E-state index contributed by atoms with van der Waals surface area (Å²) in [7, 11) is 0. The SMILES string of the molecule is CC[C@H](C)[C@H](NC(=O)OC(C)(C)C)C(=O)NCC1CCC(C(=O)N[C@@H](C(=O)O)C(C)C)CC1. The van der Waals surface area contributed by atoms with Gasteiger partial charge in [-0.15, -0.1) is 0 Å². The van der Waals surface area contributed by atoms with Crippen LogP contribution in [-0.4, -0.2) is 53.2 Å². The maximum absolute atomic E-state index is 12.8. The van der Waals surface area contributed by atoms with E-state index in [4.69, 9.17) is 4.74 Å². The Kier molecular flexibility index (Phi) is 11.1. The van der Waals surface area contributed by atoms with E-state index in [0.717, 1.165) is 19.3 Å². The van der Waals surface area contributed by atoms with Gasteiger partial charge in [-0.05, 0) is 64.2 Å². The molecule has 4 N–H and O–H groups in total. The molecule has 0 aromatic rings. The van der Waals surface area contributed by atoms with E-state index >= 15 is 0 Å². The fourth-order valence-corrected chi connectivity index (χ4v) is 3.90. The maximum atomic E-state index is 12.8. The van der Waals surface area contributed by atoms with E-state index in [1.807, 2.05) is 13.8 Å². The van der Waals surface area contributed by atoms with Crippen molar-refractivity contribution < 1.29 is 29.0 Å². The molecule has 0 heterocycles. The molecule has 3 amide bonds. The van der Waals surface area contributed by atoms with E-state index in [1.54, 1.807) is 34.6 Å². The van der Waals surface area contributed by atoms with Crippen molar-refractivity contribution in [3.8, 4) is 0 Å². The highest BCUT2D eigenvalue weighted by Crippen LogP contribution is 2.29. The van der Waals surface area contributed by atoms with Crippen LogP contribution in [0.4, 0.5) is 4.79 Å². The molecule has 0 aliphatic heterocycles. The Morgan fingerprint density at radius 3 is 2.00 bits per heavy atom. The third kappa shape index (κ3) is 10.0. The van der Waals surface area contributed by atoms with Gasteiger partial charge in [-0.1, -0.05) is 34.1 Å². The number of carboxylic acid groups (broad SMARTS) is 1. The summed E-state index contributed by atoms with van der Waals surface area (Å²) in [5, 5.41) is 17.6. The van der Waals surface area contributed by atoms with E-state index in [2.05, 4.69) is 16.0 Å². The normalized spacial score (nSPS) is 21.5. The van der Waals surface area contributed by atoms with Gasteiger partial charge in [0.25, 0.3) is 0 Å². The van der Waals surface area contributed by atoms with E-state index in [-0.39, 0.29) is 35.5 Å². The van der Waals surface area contributed by atoms with Crippen LogP contribution in [0.15, 0.2) is 0 Å². The van der Waals surface area contributed by atoms with E-state index in [1.165, 1.54) is 0 Å². The molecular weight excluding hydrogens is 426 g/mol. The molecule has 1 aliphatic rings. The van der Waals surface area contributed by atoms with Gasteiger partial charge in [0.2, 0.25) is 11.8 Å². The molecule has 0 spiro atoms. The summed E-state index contributed by atoms with van der Waals surface area (Å²) in [6.45, 7) is 13.2. The van der Waals surface area contributed by atoms with Crippen molar-refractivity contribution in [2.75, 3.05) is 6.54 Å². The Balaban J connectivity index is 2.55. The monoisotopic (exact) mass is 469 g/mol. The van der Waals surface area contributed by atoms with Gasteiger partial charge >= 0.3 is 12.1 Å². The summed E-state index contributed by atoms with van der Waals surface area (Å²) >= 11 is 0. The molecule has 1 rings (SSSR count). The van der Waals surface area contributed by atoms with Crippen LogP contribution in [-0.2, 0) is 19.1 Å². The largest absolute Gasteiger partial charge is 0.480 e. The highest BCUT2D eigenvalue weighted by Gasteiger charge is 2.32. The molecule has 0 aromatic heterocycles. The minimum Gasteiger partial charge on any atom is -0.480 e. The van der Waals surface area contributed by atoms with E-state index in [0.29, 0.717) is 19.4 Å². The van der Waals surface area contributed by atoms with Crippen LogP contribution in [0.5, 0.6) is 0 Å². The molecule has 1 aliphatic carbocycles. The van der Waals surface area contributed by atoms with Crippen molar-refractivity contribution in [3.05, 3.63) is 0 Å². The zero-order valence-corrected chi connectivity index (χ0v) is 21.2. The number of amides is 3. The van der Waals surface area contributed by atoms with Gasteiger partial charge in [-0.25, -0.2) is 9.59 Å². The molecule has 0 bridgehead atoms. The highest BCUT2D eigenvalue weighted by molar-refractivity contribution is 5.86. The van der Waals surface area contributed by atoms with Crippen LogP contribution in [0.25, 0.3) is 0 Å². The Morgan fingerprint density at radius 2 is 1.55 bits per heavy atom. The molecule has 190 valence electrons. The lowest BCUT2D eigenvalue weighted by molar-refractivity contribution is -0.144. The number of rotatable bonds is 10. The van der Waals surface area contributed by atoms with Crippen molar-refractivity contribution in [1.29, 1.82) is 0 Å². The van der Waals surface area contributed by atoms with Gasteiger partial charge in [0.1, 0.15) is 17.7 Å². The molecule has 1 saturated carbocycles. The number of carbonyl (C=O) groups excluding carboxylic acids is 3. The zero-order chi connectivity index (χ0) is 25.3. The van der Waals surface area contributed by atoms with Crippen LogP contribution in [0.2, 0.25) is 0 Å². The van der Waals surface area contributed by atoms with Crippen LogP contribution in [0.3, 0.4) is 0 Å². The summed E-state index contributed by atoms with van der Waals surface area (Å²) in [5.41, 5.74) is -0.648. The van der Waals surface area contributed by atoms with Crippen molar-refractivity contribution in [2.24, 2.45) is 23.7 Å². The third-order valence-electron chi connectivity index (χ3n) is 6.18. The average Bonchev–Trinajstić information content (AvgIpc) is 2.72. The zero-order valence-electron chi connectivity index (χ0n) is 21.2. The smallest absolute Gasteiger partial charge is 0.408 e. The van der Waals surface area contributed by atoms with Crippen LogP contribution >= 0.6 is 0 Å². The second-order valence-electron chi connectivity index (χ2n) is 10.5. The minimum absolute atomic E-state index is 0.0555. The summed E-state index contributed by atoms with van der Waals surface area (Å²) < 4.78 is 5.29. The Morgan fingerprint density at radius 1 is 0.970 bits per heavy atom. The molecule has 3 atom stereocenters. The summed E-state index contributed by atoms with van der Waals surface area (Å²) in [6.07, 6.45) is 2.96. The van der Waals surface area contributed by atoms with E-state index < -0.39 is 29.7 Å². The molecule has 33 heavy (non-hydrogen) atoms. The highest BCUT2D eigenvalue weighted by atomic mass is 16.6.